The summed E-state index contributed by atoms with van der Waals surface area (Å²) in [6.07, 6.45) is 0. The van der Waals surface area contributed by atoms with Gasteiger partial charge in [-0.15, -0.1) is 11.3 Å². The largest absolute Gasteiger partial charge is 0.455 e. The number of nitrogen functional groups attached to an aromatic ring is 1. The smallest absolute Gasteiger partial charge is 0.340 e. The van der Waals surface area contributed by atoms with Crippen molar-refractivity contribution in [1.29, 1.82) is 0 Å². The van der Waals surface area contributed by atoms with Gasteiger partial charge in [-0.25, -0.2) is 9.78 Å². The molecule has 0 fully saturated rings. The summed E-state index contributed by atoms with van der Waals surface area (Å²) in [4.78, 5) is 16.6. The number of halogens is 2. The monoisotopic (exact) mass is 407 g/mol. The summed E-state index contributed by atoms with van der Waals surface area (Å²) in [6.45, 7) is 2.05. The lowest BCUT2D eigenvalue weighted by atomic mass is 10.2. The van der Waals surface area contributed by atoms with E-state index in [1.54, 1.807) is 0 Å². The van der Waals surface area contributed by atoms with Crippen molar-refractivity contribution in [2.24, 2.45) is 0 Å². The number of carbonyl (C=O) groups excluding carboxylic acids is 1. The van der Waals surface area contributed by atoms with Crippen LogP contribution in [0, 0.1) is 6.92 Å². The molecular weight excluding hydrogens is 393 g/mol. The minimum absolute atomic E-state index is 0.0223. The summed E-state index contributed by atoms with van der Waals surface area (Å²) in [5.74, 6) is -0.604. The van der Waals surface area contributed by atoms with Gasteiger partial charge in [-0.2, -0.15) is 0 Å². The molecule has 0 aliphatic heterocycles. The number of aromatic nitrogens is 1. The molecule has 3 aromatic rings. The topological polar surface area (TPSA) is 77.2 Å². The van der Waals surface area contributed by atoms with E-state index in [1.807, 2.05) is 36.6 Å². The van der Waals surface area contributed by atoms with Gasteiger partial charge in [0.05, 0.1) is 22.0 Å². The molecule has 3 rings (SSSR count). The van der Waals surface area contributed by atoms with Crippen molar-refractivity contribution >= 4 is 57.0 Å². The highest BCUT2D eigenvalue weighted by molar-refractivity contribution is 7.13. The van der Waals surface area contributed by atoms with Crippen molar-refractivity contribution in [1.82, 2.24) is 4.98 Å². The number of benzene rings is 2. The number of ether oxygens (including phenoxy) is 1. The number of rotatable bonds is 5. The second-order valence-electron chi connectivity index (χ2n) is 5.56. The summed E-state index contributed by atoms with van der Waals surface area (Å²) >= 11 is 13.3. The number of aryl methyl sites for hydroxylation is 1. The Kier molecular flexibility index (Phi) is 5.66. The predicted molar refractivity (Wildman–Crippen MR) is 107 cm³/mol. The number of anilines is 3. The van der Waals surface area contributed by atoms with Gasteiger partial charge in [0, 0.05) is 16.1 Å². The van der Waals surface area contributed by atoms with E-state index in [0.29, 0.717) is 15.8 Å². The van der Waals surface area contributed by atoms with Crippen LogP contribution in [-0.4, -0.2) is 11.0 Å². The molecule has 0 bridgehead atoms. The Morgan fingerprint density at radius 1 is 1.27 bits per heavy atom. The van der Waals surface area contributed by atoms with Gasteiger partial charge < -0.3 is 15.8 Å². The number of hydrogen-bond donors (Lipinski definition) is 2. The second-order valence-corrected chi connectivity index (χ2v) is 7.26. The Morgan fingerprint density at radius 3 is 2.73 bits per heavy atom. The van der Waals surface area contributed by atoms with Gasteiger partial charge in [-0.05, 0) is 31.2 Å². The van der Waals surface area contributed by atoms with E-state index in [2.05, 4.69) is 10.3 Å². The van der Waals surface area contributed by atoms with E-state index >= 15 is 0 Å². The van der Waals surface area contributed by atoms with Crippen LogP contribution in [-0.2, 0) is 11.3 Å². The molecule has 5 nitrogen and oxygen atoms in total. The van der Waals surface area contributed by atoms with E-state index in [9.17, 15) is 4.79 Å². The molecule has 0 amide bonds. The molecule has 134 valence electrons. The van der Waals surface area contributed by atoms with E-state index in [1.165, 1.54) is 29.0 Å². The molecular formula is C18H15Cl2N3O2S. The molecule has 0 aliphatic carbocycles. The molecule has 0 radical (unpaired) electrons. The van der Waals surface area contributed by atoms with Gasteiger partial charge in [0.1, 0.15) is 6.61 Å². The van der Waals surface area contributed by atoms with E-state index in [-0.39, 0.29) is 22.9 Å². The molecule has 0 atom stereocenters. The number of nitrogens with one attached hydrogen (secondary N) is 1. The van der Waals surface area contributed by atoms with Gasteiger partial charge in [0.15, 0.2) is 5.13 Å². The minimum atomic E-state index is -0.604. The first-order valence-corrected chi connectivity index (χ1v) is 9.25. The molecule has 0 aliphatic rings. The standard InChI is InChI=1S/C18H15Cl2N3O2S/c1-10-2-4-12(5-3-10)22-18-23-13(9-26-18)8-25-17(24)14-6-11(19)7-15(20)16(14)21/h2-7,9H,8,21H2,1H3,(H,22,23). The maximum Gasteiger partial charge on any atom is 0.340 e. The van der Waals surface area contributed by atoms with Crippen LogP contribution >= 0.6 is 34.5 Å². The third kappa shape index (κ3) is 4.46. The van der Waals surface area contributed by atoms with Crippen molar-refractivity contribution in [2.75, 3.05) is 11.1 Å². The molecule has 0 spiro atoms. The molecule has 1 aromatic heterocycles. The second kappa shape index (κ2) is 7.95. The first kappa shape index (κ1) is 18.5. The summed E-state index contributed by atoms with van der Waals surface area (Å²) in [7, 11) is 0. The summed E-state index contributed by atoms with van der Waals surface area (Å²) in [5.41, 5.74) is 8.83. The average Bonchev–Trinajstić information content (AvgIpc) is 3.05. The molecule has 3 N–H and O–H groups in total. The molecule has 2 aromatic carbocycles. The molecule has 0 saturated carbocycles. The molecule has 1 heterocycles. The Balaban J connectivity index is 1.63. The maximum absolute atomic E-state index is 12.2. The summed E-state index contributed by atoms with van der Waals surface area (Å²) in [5, 5.41) is 6.26. The normalized spacial score (nSPS) is 10.6. The number of thiazole rings is 1. The summed E-state index contributed by atoms with van der Waals surface area (Å²) in [6, 6.07) is 10.9. The third-order valence-corrected chi connectivity index (χ3v) is 4.86. The van der Waals surface area contributed by atoms with Crippen molar-refractivity contribution in [3.63, 3.8) is 0 Å². The highest BCUT2D eigenvalue weighted by Crippen LogP contribution is 2.28. The summed E-state index contributed by atoms with van der Waals surface area (Å²) < 4.78 is 5.26. The van der Waals surface area contributed by atoms with Gasteiger partial charge >= 0.3 is 5.97 Å². The van der Waals surface area contributed by atoms with E-state index in [4.69, 9.17) is 33.7 Å². The Hall–Kier alpha value is -2.28. The minimum Gasteiger partial charge on any atom is -0.455 e. The first-order valence-electron chi connectivity index (χ1n) is 7.62. The maximum atomic E-state index is 12.2. The fourth-order valence-corrected chi connectivity index (χ4v) is 3.37. The van der Waals surface area contributed by atoms with Crippen molar-refractivity contribution in [3.05, 3.63) is 68.6 Å². The Morgan fingerprint density at radius 2 is 2.00 bits per heavy atom. The average molecular weight is 408 g/mol. The SMILES string of the molecule is Cc1ccc(Nc2nc(COC(=O)c3cc(Cl)cc(Cl)c3N)cs2)cc1. The molecule has 8 heteroatoms. The first-order chi connectivity index (χ1) is 12.4. The fourth-order valence-electron chi connectivity index (χ4n) is 2.16. The highest BCUT2D eigenvalue weighted by Gasteiger charge is 2.16. The Labute approximate surface area is 164 Å². The van der Waals surface area contributed by atoms with Crippen LogP contribution in [0.25, 0.3) is 0 Å². The van der Waals surface area contributed by atoms with Gasteiger partial charge in [0.2, 0.25) is 0 Å². The van der Waals surface area contributed by atoms with Crippen LogP contribution in [0.5, 0.6) is 0 Å². The van der Waals surface area contributed by atoms with Gasteiger partial charge in [-0.3, -0.25) is 0 Å². The number of nitrogens with zero attached hydrogens (tertiary/aromatic N) is 1. The van der Waals surface area contributed by atoms with E-state index < -0.39 is 5.97 Å². The van der Waals surface area contributed by atoms with Crippen LogP contribution in [0.15, 0.2) is 41.8 Å². The zero-order valence-electron chi connectivity index (χ0n) is 13.8. The highest BCUT2D eigenvalue weighted by atomic mass is 35.5. The lowest BCUT2D eigenvalue weighted by Gasteiger charge is -2.08. The lowest BCUT2D eigenvalue weighted by Crippen LogP contribution is -2.09. The zero-order chi connectivity index (χ0) is 18.7. The number of carbonyl (C=O) groups is 1. The van der Waals surface area contributed by atoms with E-state index in [0.717, 1.165) is 5.69 Å². The van der Waals surface area contributed by atoms with Crippen molar-refractivity contribution in [2.45, 2.75) is 13.5 Å². The molecule has 26 heavy (non-hydrogen) atoms. The van der Waals surface area contributed by atoms with Gasteiger partial charge in [-0.1, -0.05) is 40.9 Å². The lowest BCUT2D eigenvalue weighted by molar-refractivity contribution is 0.0470. The number of nitrogens with two attached hydrogens (primary N) is 1. The predicted octanol–water partition coefficient (Wildman–Crippen LogP) is 5.44. The van der Waals surface area contributed by atoms with Crippen molar-refractivity contribution < 1.29 is 9.53 Å². The molecule has 0 unspecified atom stereocenters. The van der Waals surface area contributed by atoms with Crippen LogP contribution in [0.4, 0.5) is 16.5 Å². The zero-order valence-corrected chi connectivity index (χ0v) is 16.1. The number of hydrogen-bond acceptors (Lipinski definition) is 6. The van der Waals surface area contributed by atoms with Gasteiger partial charge in [0.25, 0.3) is 0 Å². The van der Waals surface area contributed by atoms with Crippen molar-refractivity contribution in [3.8, 4) is 0 Å². The van der Waals surface area contributed by atoms with Crippen LogP contribution in [0.1, 0.15) is 21.6 Å². The third-order valence-electron chi connectivity index (χ3n) is 3.52. The number of esters is 1. The quantitative estimate of drug-likeness (QED) is 0.434. The van der Waals surface area contributed by atoms with Crippen LogP contribution in [0.3, 0.4) is 0 Å². The van der Waals surface area contributed by atoms with Crippen LogP contribution < -0.4 is 11.1 Å². The fraction of sp³-hybridized carbons (Fsp3) is 0.111. The van der Waals surface area contributed by atoms with Crippen LogP contribution in [0.2, 0.25) is 10.0 Å². The Bertz CT molecular complexity index is 942. The molecule has 0 saturated heterocycles.